The third-order valence-corrected chi connectivity index (χ3v) is 5.54. The average molecular weight is 492 g/mol. The summed E-state index contributed by atoms with van der Waals surface area (Å²) in [5, 5.41) is 12.2. The topological polar surface area (TPSA) is 112 Å². The Balaban J connectivity index is 0.00000289. The highest BCUT2D eigenvalue weighted by molar-refractivity contribution is 5.95. The number of nitrogens with zero attached hydrogens (tertiary/aromatic N) is 5. The third-order valence-electron chi connectivity index (χ3n) is 5.54. The Kier molecular flexibility index (Phi) is 7.28. The Hall–Kier alpha value is -3.95. The lowest BCUT2D eigenvalue weighted by atomic mass is 10.1. The Morgan fingerprint density at radius 3 is 2.74 bits per heavy atom. The number of carbonyl (C=O) groups excluding carboxylic acids is 1. The van der Waals surface area contributed by atoms with Crippen LogP contribution in [-0.2, 0) is 6.54 Å². The van der Waals surface area contributed by atoms with E-state index in [4.69, 9.17) is 5.73 Å². The van der Waals surface area contributed by atoms with Crippen LogP contribution < -0.4 is 11.1 Å². The van der Waals surface area contributed by atoms with Gasteiger partial charge in [-0.15, -0.1) is 17.5 Å². The Morgan fingerprint density at radius 2 is 1.91 bits per heavy atom. The van der Waals surface area contributed by atoms with Crippen LogP contribution in [0.25, 0.3) is 33.3 Å². The van der Waals surface area contributed by atoms with E-state index in [0.717, 1.165) is 16.5 Å². The van der Waals surface area contributed by atoms with Gasteiger partial charge in [0.25, 0.3) is 5.91 Å². The second-order valence-corrected chi connectivity index (χ2v) is 7.91. The molecule has 5 rings (SSSR count). The first-order chi connectivity index (χ1) is 16.6. The van der Waals surface area contributed by atoms with E-state index in [0.29, 0.717) is 48.5 Å². The second kappa shape index (κ2) is 10.5. The average Bonchev–Trinajstić information content (AvgIpc) is 3.26. The van der Waals surface area contributed by atoms with Crippen molar-refractivity contribution in [3.63, 3.8) is 0 Å². The Bertz CT molecular complexity index is 1500. The summed E-state index contributed by atoms with van der Waals surface area (Å²) in [7, 11) is 0. The third kappa shape index (κ3) is 5.11. The van der Waals surface area contributed by atoms with Crippen LogP contribution in [0, 0.1) is 5.82 Å². The molecular formula is C25H23ClFN7O. The lowest BCUT2D eigenvalue weighted by Crippen LogP contribution is -2.26. The predicted molar refractivity (Wildman–Crippen MR) is 135 cm³/mol. The molecule has 0 aliphatic rings. The molecule has 3 N–H and O–H groups in total. The van der Waals surface area contributed by atoms with Crippen LogP contribution >= 0.6 is 12.4 Å². The zero-order valence-electron chi connectivity index (χ0n) is 18.7. The number of halogens is 2. The highest BCUT2D eigenvalue weighted by atomic mass is 35.5. The van der Waals surface area contributed by atoms with Crippen LogP contribution in [0.4, 0.5) is 4.39 Å². The van der Waals surface area contributed by atoms with Gasteiger partial charge in [-0.25, -0.2) is 14.1 Å². The van der Waals surface area contributed by atoms with Gasteiger partial charge in [0, 0.05) is 23.7 Å². The number of hydrogen-bond donors (Lipinski definition) is 2. The summed E-state index contributed by atoms with van der Waals surface area (Å²) in [5.74, 6) is -1.07. The number of benzene rings is 2. The maximum absolute atomic E-state index is 14.7. The van der Waals surface area contributed by atoms with Gasteiger partial charge in [0.05, 0.1) is 23.3 Å². The number of aromatic nitrogens is 5. The van der Waals surface area contributed by atoms with E-state index in [1.54, 1.807) is 29.1 Å². The summed E-state index contributed by atoms with van der Waals surface area (Å²) < 4.78 is 16.4. The molecule has 35 heavy (non-hydrogen) atoms. The lowest BCUT2D eigenvalue weighted by Gasteiger charge is -2.08. The minimum Gasteiger partial charge on any atom is -0.352 e. The molecule has 3 heterocycles. The number of carbonyl (C=O) groups is 1. The summed E-state index contributed by atoms with van der Waals surface area (Å²) in [4.78, 5) is 21.2. The summed E-state index contributed by atoms with van der Waals surface area (Å²) in [6, 6.07) is 18.0. The van der Waals surface area contributed by atoms with Crippen molar-refractivity contribution in [2.75, 3.05) is 13.1 Å². The first-order valence-electron chi connectivity index (χ1n) is 10.9. The van der Waals surface area contributed by atoms with Gasteiger partial charge >= 0.3 is 0 Å². The summed E-state index contributed by atoms with van der Waals surface area (Å²) in [6.45, 7) is 1.34. The van der Waals surface area contributed by atoms with Gasteiger partial charge in [-0.1, -0.05) is 23.4 Å². The van der Waals surface area contributed by atoms with Gasteiger partial charge < -0.3 is 11.1 Å². The molecule has 0 atom stereocenters. The number of rotatable bonds is 7. The first-order valence-corrected chi connectivity index (χ1v) is 10.9. The molecule has 5 aromatic rings. The molecule has 10 heteroatoms. The maximum Gasteiger partial charge on any atom is 0.254 e. The fourth-order valence-corrected chi connectivity index (χ4v) is 3.77. The standard InChI is InChI=1S/C25H22FN7O.ClH/c26-20-14-18(5-6-19(20)25(34)29-12-2-10-27)22-8-9-23-24(30-22)33(32-31-23)15-16-4-7-21-17(13-16)3-1-11-28-21;/h1,3-9,11,13-14H,2,10,12,15,27H2,(H,29,34);1H. The number of fused-ring (bicyclic) bond motifs is 2. The zero-order valence-corrected chi connectivity index (χ0v) is 19.5. The van der Waals surface area contributed by atoms with E-state index in [9.17, 15) is 9.18 Å². The Labute approximate surface area is 206 Å². The molecule has 0 saturated heterocycles. The Morgan fingerprint density at radius 1 is 1.06 bits per heavy atom. The van der Waals surface area contributed by atoms with Crippen molar-refractivity contribution in [1.29, 1.82) is 0 Å². The van der Waals surface area contributed by atoms with Gasteiger partial charge in [-0.3, -0.25) is 9.78 Å². The molecule has 0 saturated carbocycles. The fourth-order valence-electron chi connectivity index (χ4n) is 3.77. The number of amides is 1. The van der Waals surface area contributed by atoms with Crippen molar-refractivity contribution in [2.45, 2.75) is 13.0 Å². The SMILES string of the molecule is Cl.NCCCNC(=O)c1ccc(-c2ccc3nnn(Cc4ccc5ncccc5c4)c3n2)cc1F. The normalized spacial score (nSPS) is 10.9. The minimum absolute atomic E-state index is 0. The summed E-state index contributed by atoms with van der Waals surface area (Å²) >= 11 is 0. The van der Waals surface area contributed by atoms with Crippen molar-refractivity contribution >= 4 is 40.4 Å². The molecule has 8 nitrogen and oxygen atoms in total. The number of hydrogen-bond acceptors (Lipinski definition) is 6. The van der Waals surface area contributed by atoms with E-state index in [-0.39, 0.29) is 18.0 Å². The van der Waals surface area contributed by atoms with Gasteiger partial charge in [-0.05, 0) is 61.0 Å². The van der Waals surface area contributed by atoms with E-state index in [1.807, 2.05) is 24.3 Å². The molecule has 178 valence electrons. The molecule has 0 unspecified atom stereocenters. The number of nitrogens with two attached hydrogens (primary N) is 1. The van der Waals surface area contributed by atoms with Crippen molar-refractivity contribution < 1.29 is 9.18 Å². The van der Waals surface area contributed by atoms with E-state index < -0.39 is 11.7 Å². The summed E-state index contributed by atoms with van der Waals surface area (Å²) in [5.41, 5.74) is 9.73. The minimum atomic E-state index is -0.610. The van der Waals surface area contributed by atoms with Crippen LogP contribution in [0.1, 0.15) is 22.3 Å². The zero-order chi connectivity index (χ0) is 23.5. The van der Waals surface area contributed by atoms with Gasteiger partial charge in [0.1, 0.15) is 11.3 Å². The molecule has 0 spiro atoms. The van der Waals surface area contributed by atoms with Crippen molar-refractivity contribution in [1.82, 2.24) is 30.3 Å². The van der Waals surface area contributed by atoms with E-state index in [2.05, 4.69) is 31.7 Å². The van der Waals surface area contributed by atoms with Crippen LogP contribution in [0.15, 0.2) is 66.9 Å². The lowest BCUT2D eigenvalue weighted by molar-refractivity contribution is 0.0949. The maximum atomic E-state index is 14.7. The van der Waals surface area contributed by atoms with E-state index >= 15 is 0 Å². The monoisotopic (exact) mass is 491 g/mol. The molecule has 0 bridgehead atoms. The number of pyridine rings is 2. The highest BCUT2D eigenvalue weighted by Gasteiger charge is 2.14. The molecule has 3 aromatic heterocycles. The largest absolute Gasteiger partial charge is 0.352 e. The molecule has 1 amide bonds. The van der Waals surface area contributed by atoms with Crippen LogP contribution in [0.3, 0.4) is 0 Å². The molecule has 0 aliphatic carbocycles. The molecule has 0 aliphatic heterocycles. The van der Waals surface area contributed by atoms with Crippen molar-refractivity contribution in [2.24, 2.45) is 5.73 Å². The highest BCUT2D eigenvalue weighted by Crippen LogP contribution is 2.23. The van der Waals surface area contributed by atoms with Crippen LogP contribution in [0.2, 0.25) is 0 Å². The molecule has 2 aromatic carbocycles. The molecular weight excluding hydrogens is 469 g/mol. The van der Waals surface area contributed by atoms with Crippen LogP contribution in [0.5, 0.6) is 0 Å². The van der Waals surface area contributed by atoms with Crippen molar-refractivity contribution in [3.8, 4) is 11.3 Å². The number of nitrogens with one attached hydrogen (secondary N) is 1. The van der Waals surface area contributed by atoms with Gasteiger partial charge in [-0.2, -0.15) is 0 Å². The first kappa shape index (κ1) is 24.2. The summed E-state index contributed by atoms with van der Waals surface area (Å²) in [6.07, 6.45) is 2.40. The predicted octanol–water partition coefficient (Wildman–Crippen LogP) is 3.73. The van der Waals surface area contributed by atoms with Gasteiger partial charge in [0.15, 0.2) is 5.65 Å². The quantitative estimate of drug-likeness (QED) is 0.335. The second-order valence-electron chi connectivity index (χ2n) is 7.91. The molecule has 0 radical (unpaired) electrons. The fraction of sp³-hybridized carbons (Fsp3) is 0.160. The smallest absolute Gasteiger partial charge is 0.254 e. The van der Waals surface area contributed by atoms with Crippen LogP contribution in [-0.4, -0.2) is 44.0 Å². The van der Waals surface area contributed by atoms with E-state index in [1.165, 1.54) is 12.1 Å². The van der Waals surface area contributed by atoms with Crippen molar-refractivity contribution in [3.05, 3.63) is 83.8 Å². The molecule has 0 fully saturated rings. The van der Waals surface area contributed by atoms with Gasteiger partial charge in [0.2, 0.25) is 0 Å².